The van der Waals surface area contributed by atoms with Gasteiger partial charge in [-0.25, -0.2) is 4.79 Å². The molecule has 1 atom stereocenters. The minimum Gasteiger partial charge on any atom is -0.424 e. The molecule has 0 bridgehead atoms. The second kappa shape index (κ2) is 5.47. The maximum absolute atomic E-state index is 11.7. The molecule has 0 saturated carbocycles. The molecule has 2 aromatic carbocycles. The van der Waals surface area contributed by atoms with Gasteiger partial charge in [0, 0.05) is 0 Å². The summed E-state index contributed by atoms with van der Waals surface area (Å²) in [5.74, 6) is -0.245. The van der Waals surface area contributed by atoms with Gasteiger partial charge < -0.3 is 9.84 Å². The molecule has 0 aliphatic carbocycles. The number of hydrogen-bond donors (Lipinski definition) is 1. The van der Waals surface area contributed by atoms with Crippen LogP contribution < -0.4 is 4.74 Å². The predicted octanol–water partition coefficient (Wildman–Crippen LogP) is 2.63. The van der Waals surface area contributed by atoms with Gasteiger partial charge in [0.25, 0.3) is 0 Å². The number of hydrogen-bond acceptors (Lipinski definition) is 3. The summed E-state index contributed by atoms with van der Waals surface area (Å²) in [6.45, 7) is 1.95. The Morgan fingerprint density at radius 2 is 1.67 bits per heavy atom. The van der Waals surface area contributed by atoms with Gasteiger partial charge in [-0.2, -0.15) is 0 Å². The maximum Gasteiger partial charge on any atom is 0.345 e. The first kappa shape index (κ1) is 12.3. The topological polar surface area (TPSA) is 46.5 Å². The van der Waals surface area contributed by atoms with E-state index in [1.165, 1.54) is 0 Å². The Kier molecular flexibility index (Phi) is 3.75. The maximum atomic E-state index is 11.7. The number of carbonyl (C=O) groups is 1. The first-order valence-electron chi connectivity index (χ1n) is 5.68. The molecule has 0 radical (unpaired) electrons. The zero-order chi connectivity index (χ0) is 13.0. The summed E-state index contributed by atoms with van der Waals surface area (Å²) in [6.07, 6.45) is -1.26. The number of ether oxygens (including phenoxy) is 1. The molecule has 18 heavy (non-hydrogen) atoms. The quantitative estimate of drug-likeness (QED) is 0.664. The highest BCUT2D eigenvalue weighted by atomic mass is 16.5. The van der Waals surface area contributed by atoms with Crippen molar-refractivity contribution >= 4 is 5.97 Å². The third-order valence-electron chi connectivity index (χ3n) is 2.58. The molecule has 0 heterocycles. The normalized spacial score (nSPS) is 11.9. The molecule has 2 rings (SSSR count). The Hall–Kier alpha value is -2.13. The van der Waals surface area contributed by atoms with Crippen LogP contribution in [0.15, 0.2) is 54.6 Å². The standard InChI is InChI=1S/C15H14O3/c1-11-7-9-13(10-8-11)18-15(17)14(16)12-5-3-2-4-6-12/h2-10,14,16H,1H3. The first-order valence-corrected chi connectivity index (χ1v) is 5.68. The fraction of sp³-hybridized carbons (Fsp3) is 0.133. The van der Waals surface area contributed by atoms with Crippen molar-refractivity contribution in [3.63, 3.8) is 0 Å². The van der Waals surface area contributed by atoms with Gasteiger partial charge in [0.05, 0.1) is 0 Å². The minimum atomic E-state index is -1.26. The van der Waals surface area contributed by atoms with Gasteiger partial charge in [-0.3, -0.25) is 0 Å². The molecule has 1 unspecified atom stereocenters. The molecule has 0 saturated heterocycles. The number of rotatable bonds is 3. The van der Waals surface area contributed by atoms with E-state index in [0.717, 1.165) is 5.56 Å². The fourth-order valence-corrected chi connectivity index (χ4v) is 1.55. The summed E-state index contributed by atoms with van der Waals surface area (Å²) >= 11 is 0. The number of aliphatic hydroxyl groups is 1. The molecule has 0 aromatic heterocycles. The summed E-state index contributed by atoms with van der Waals surface area (Å²) < 4.78 is 5.10. The van der Waals surface area contributed by atoms with E-state index in [4.69, 9.17) is 4.74 Å². The van der Waals surface area contributed by atoms with E-state index in [1.54, 1.807) is 36.4 Å². The average Bonchev–Trinajstić information content (AvgIpc) is 2.41. The lowest BCUT2D eigenvalue weighted by Crippen LogP contribution is -2.18. The van der Waals surface area contributed by atoms with E-state index in [2.05, 4.69) is 0 Å². The highest BCUT2D eigenvalue weighted by Crippen LogP contribution is 2.17. The summed E-state index contributed by atoms with van der Waals surface area (Å²) in [7, 11) is 0. The Labute approximate surface area is 106 Å². The molecule has 0 fully saturated rings. The summed E-state index contributed by atoms with van der Waals surface area (Å²) in [4.78, 5) is 11.7. The highest BCUT2D eigenvalue weighted by Gasteiger charge is 2.19. The van der Waals surface area contributed by atoms with Crippen LogP contribution in [0.2, 0.25) is 0 Å². The monoisotopic (exact) mass is 242 g/mol. The zero-order valence-corrected chi connectivity index (χ0v) is 10.0. The van der Waals surface area contributed by atoms with Crippen LogP contribution in [0.4, 0.5) is 0 Å². The molecule has 92 valence electrons. The van der Waals surface area contributed by atoms with Crippen molar-refractivity contribution in [1.82, 2.24) is 0 Å². The molecule has 2 aromatic rings. The predicted molar refractivity (Wildman–Crippen MR) is 68.2 cm³/mol. The number of carbonyl (C=O) groups excluding carboxylic acids is 1. The number of benzene rings is 2. The number of esters is 1. The minimum absolute atomic E-state index is 0.431. The van der Waals surface area contributed by atoms with E-state index in [-0.39, 0.29) is 0 Å². The molecule has 0 aliphatic heterocycles. The largest absolute Gasteiger partial charge is 0.424 e. The van der Waals surface area contributed by atoms with Crippen molar-refractivity contribution in [3.8, 4) is 5.75 Å². The van der Waals surface area contributed by atoms with Crippen LogP contribution in [0, 0.1) is 6.92 Å². The van der Waals surface area contributed by atoms with Crippen LogP contribution in [-0.2, 0) is 4.79 Å². The molecule has 3 heteroatoms. The van der Waals surface area contributed by atoms with Crippen LogP contribution in [-0.4, -0.2) is 11.1 Å². The smallest absolute Gasteiger partial charge is 0.345 e. The van der Waals surface area contributed by atoms with Gasteiger partial charge >= 0.3 is 5.97 Å². The Morgan fingerprint density at radius 3 is 2.28 bits per heavy atom. The molecular weight excluding hydrogens is 228 g/mol. The lowest BCUT2D eigenvalue weighted by Gasteiger charge is -2.10. The van der Waals surface area contributed by atoms with Crippen molar-refractivity contribution < 1.29 is 14.6 Å². The SMILES string of the molecule is Cc1ccc(OC(=O)C(O)c2ccccc2)cc1. The molecule has 1 N–H and O–H groups in total. The Morgan fingerprint density at radius 1 is 1.06 bits per heavy atom. The van der Waals surface area contributed by atoms with Gasteiger partial charge in [-0.1, -0.05) is 48.0 Å². The summed E-state index contributed by atoms with van der Waals surface area (Å²) in [5, 5.41) is 9.83. The van der Waals surface area contributed by atoms with Crippen molar-refractivity contribution in [2.75, 3.05) is 0 Å². The zero-order valence-electron chi connectivity index (χ0n) is 10.0. The van der Waals surface area contributed by atoms with E-state index < -0.39 is 12.1 Å². The van der Waals surface area contributed by atoms with Crippen LogP contribution >= 0.6 is 0 Å². The van der Waals surface area contributed by atoms with E-state index >= 15 is 0 Å². The Balaban J connectivity index is 2.06. The highest BCUT2D eigenvalue weighted by molar-refractivity contribution is 5.78. The number of aryl methyl sites for hydroxylation is 1. The molecule has 0 aliphatic rings. The van der Waals surface area contributed by atoms with Gasteiger partial charge in [-0.05, 0) is 24.6 Å². The molecule has 0 amide bonds. The van der Waals surface area contributed by atoms with E-state index in [1.807, 2.05) is 25.1 Å². The van der Waals surface area contributed by atoms with Crippen LogP contribution in [0.5, 0.6) is 5.75 Å². The first-order chi connectivity index (χ1) is 8.66. The van der Waals surface area contributed by atoms with E-state index in [9.17, 15) is 9.90 Å². The lowest BCUT2D eigenvalue weighted by atomic mass is 10.1. The fourth-order valence-electron chi connectivity index (χ4n) is 1.55. The van der Waals surface area contributed by atoms with Gasteiger partial charge in [-0.15, -0.1) is 0 Å². The third kappa shape index (κ3) is 2.96. The van der Waals surface area contributed by atoms with Gasteiger partial charge in [0.1, 0.15) is 5.75 Å². The van der Waals surface area contributed by atoms with Gasteiger partial charge in [0.2, 0.25) is 0 Å². The van der Waals surface area contributed by atoms with E-state index in [0.29, 0.717) is 11.3 Å². The van der Waals surface area contributed by atoms with Crippen molar-refractivity contribution in [2.24, 2.45) is 0 Å². The Bertz CT molecular complexity index is 517. The van der Waals surface area contributed by atoms with Crippen LogP contribution in [0.3, 0.4) is 0 Å². The van der Waals surface area contributed by atoms with Crippen LogP contribution in [0.1, 0.15) is 17.2 Å². The number of aliphatic hydroxyl groups excluding tert-OH is 1. The molecule has 0 spiro atoms. The summed E-state index contributed by atoms with van der Waals surface area (Å²) in [5.41, 5.74) is 1.60. The average molecular weight is 242 g/mol. The second-order valence-corrected chi connectivity index (χ2v) is 4.05. The second-order valence-electron chi connectivity index (χ2n) is 4.05. The van der Waals surface area contributed by atoms with Crippen LogP contribution in [0.25, 0.3) is 0 Å². The van der Waals surface area contributed by atoms with Crippen molar-refractivity contribution in [1.29, 1.82) is 0 Å². The molecular formula is C15H14O3. The van der Waals surface area contributed by atoms with Crippen molar-refractivity contribution in [2.45, 2.75) is 13.0 Å². The third-order valence-corrected chi connectivity index (χ3v) is 2.58. The lowest BCUT2D eigenvalue weighted by molar-refractivity contribution is -0.144. The molecule has 3 nitrogen and oxygen atoms in total. The van der Waals surface area contributed by atoms with Crippen molar-refractivity contribution in [3.05, 3.63) is 65.7 Å². The summed E-state index contributed by atoms with van der Waals surface area (Å²) in [6, 6.07) is 15.8. The van der Waals surface area contributed by atoms with Gasteiger partial charge in [0.15, 0.2) is 6.10 Å².